The Morgan fingerprint density at radius 3 is 2.44 bits per heavy atom. The van der Waals surface area contributed by atoms with Gasteiger partial charge in [-0.25, -0.2) is 9.78 Å². The minimum atomic E-state index is -0.446. The monoisotopic (exact) mass is 398 g/mol. The lowest BCUT2D eigenvalue weighted by molar-refractivity contribution is -0.132. The highest BCUT2D eigenvalue weighted by molar-refractivity contribution is 7.09. The van der Waals surface area contributed by atoms with E-state index in [9.17, 15) is 9.59 Å². The topological polar surface area (TPSA) is 68.7 Å². The molecule has 0 saturated heterocycles. The molecule has 0 N–H and O–H groups in total. The first-order chi connectivity index (χ1) is 13.1. The Balaban J connectivity index is 2.48. The summed E-state index contributed by atoms with van der Waals surface area (Å²) < 4.78 is 9.80. The normalized spacial score (nSPS) is 10.8. The lowest BCUT2D eigenvalue weighted by Gasteiger charge is -2.21. The van der Waals surface area contributed by atoms with Crippen molar-refractivity contribution in [3.63, 3.8) is 0 Å². The van der Waals surface area contributed by atoms with Crippen molar-refractivity contribution in [3.05, 3.63) is 16.1 Å². The minimum Gasteiger partial charge on any atom is -0.464 e. The van der Waals surface area contributed by atoms with Gasteiger partial charge in [-0.15, -0.1) is 11.3 Å². The molecule has 0 aromatic carbocycles. The highest BCUT2D eigenvalue weighted by Crippen LogP contribution is 2.16. The number of hydrogen-bond acceptors (Lipinski definition) is 6. The molecule has 0 aliphatic rings. The second-order valence-electron chi connectivity index (χ2n) is 6.65. The van der Waals surface area contributed by atoms with Crippen molar-refractivity contribution < 1.29 is 19.1 Å². The smallest absolute Gasteiger partial charge is 0.357 e. The van der Waals surface area contributed by atoms with E-state index in [2.05, 4.69) is 11.9 Å². The Bertz CT molecular complexity index is 548. The summed E-state index contributed by atoms with van der Waals surface area (Å²) in [6.07, 6.45) is 9.69. The molecule has 0 aliphatic carbocycles. The quantitative estimate of drug-likeness (QED) is 0.323. The first-order valence-corrected chi connectivity index (χ1v) is 10.8. The molecule has 1 rings (SSSR count). The SMILES string of the molecule is CCCCCCCCCC(=O)N(CCCOC)Cc1nc(C(=O)OC)cs1. The molecule has 0 atom stereocenters. The molecule has 27 heavy (non-hydrogen) atoms. The van der Waals surface area contributed by atoms with Crippen LogP contribution in [0.2, 0.25) is 0 Å². The number of carbonyl (C=O) groups excluding carboxylic acids is 2. The van der Waals surface area contributed by atoms with Crippen LogP contribution in [-0.2, 0) is 20.8 Å². The molecule has 6 nitrogen and oxygen atoms in total. The summed E-state index contributed by atoms with van der Waals surface area (Å²) in [5, 5.41) is 2.43. The molecule has 1 amide bonds. The summed E-state index contributed by atoms with van der Waals surface area (Å²) in [7, 11) is 3.00. The van der Waals surface area contributed by atoms with E-state index in [4.69, 9.17) is 9.47 Å². The van der Waals surface area contributed by atoms with E-state index in [-0.39, 0.29) is 5.91 Å². The molecule has 0 fully saturated rings. The minimum absolute atomic E-state index is 0.148. The Morgan fingerprint density at radius 2 is 1.78 bits per heavy atom. The number of thiazole rings is 1. The molecule has 1 aromatic heterocycles. The molecule has 0 spiro atoms. The third-order valence-corrected chi connectivity index (χ3v) is 5.23. The molecule has 0 radical (unpaired) electrons. The van der Waals surface area contributed by atoms with Crippen molar-refractivity contribution in [2.45, 2.75) is 71.3 Å². The van der Waals surface area contributed by atoms with E-state index >= 15 is 0 Å². The van der Waals surface area contributed by atoms with Crippen molar-refractivity contribution in [1.82, 2.24) is 9.88 Å². The van der Waals surface area contributed by atoms with Crippen LogP contribution in [0.1, 0.15) is 80.2 Å². The Labute approximate surface area is 167 Å². The molecule has 7 heteroatoms. The van der Waals surface area contributed by atoms with E-state index in [1.165, 1.54) is 50.6 Å². The Hall–Kier alpha value is -1.47. The maximum atomic E-state index is 12.6. The van der Waals surface area contributed by atoms with Gasteiger partial charge >= 0.3 is 5.97 Å². The molecule has 154 valence electrons. The number of hydrogen-bond donors (Lipinski definition) is 0. The van der Waals surface area contributed by atoms with Crippen molar-refractivity contribution in [3.8, 4) is 0 Å². The van der Waals surface area contributed by atoms with Gasteiger partial charge in [0, 0.05) is 32.1 Å². The molecule has 0 bridgehead atoms. The molecule has 0 unspecified atom stereocenters. The van der Waals surface area contributed by atoms with Gasteiger partial charge in [-0.05, 0) is 12.8 Å². The first kappa shape index (κ1) is 23.6. The summed E-state index contributed by atoms with van der Waals surface area (Å²) in [5.41, 5.74) is 0.300. The molecular formula is C20H34N2O4S. The number of amides is 1. The van der Waals surface area contributed by atoms with Gasteiger partial charge in [0.05, 0.1) is 13.7 Å². The molecule has 0 aliphatic heterocycles. The van der Waals surface area contributed by atoms with Crippen LogP contribution in [0.4, 0.5) is 0 Å². The van der Waals surface area contributed by atoms with Crippen LogP contribution >= 0.6 is 11.3 Å². The van der Waals surface area contributed by atoms with Gasteiger partial charge in [0.15, 0.2) is 5.69 Å². The van der Waals surface area contributed by atoms with Gasteiger partial charge in [0.25, 0.3) is 0 Å². The maximum Gasteiger partial charge on any atom is 0.357 e. The second-order valence-corrected chi connectivity index (χ2v) is 7.59. The largest absolute Gasteiger partial charge is 0.464 e. The zero-order valence-electron chi connectivity index (χ0n) is 17.0. The predicted octanol–water partition coefficient (Wildman–Crippen LogP) is 4.44. The van der Waals surface area contributed by atoms with E-state index in [1.54, 1.807) is 12.5 Å². The summed E-state index contributed by atoms with van der Waals surface area (Å²) in [5.74, 6) is -0.299. The number of ether oxygens (including phenoxy) is 2. The molecule has 0 saturated carbocycles. The van der Waals surface area contributed by atoms with Crippen LogP contribution in [0.15, 0.2) is 5.38 Å². The standard InChI is InChI=1S/C20H34N2O4S/c1-4-5-6-7-8-9-10-12-19(23)22(13-11-14-25-2)15-18-21-17(16-27-18)20(24)26-3/h16H,4-15H2,1-3H3. The summed E-state index contributed by atoms with van der Waals surface area (Å²) in [6.45, 7) is 3.90. The predicted molar refractivity (Wildman–Crippen MR) is 108 cm³/mol. The lowest BCUT2D eigenvalue weighted by atomic mass is 10.1. The molecular weight excluding hydrogens is 364 g/mol. The van der Waals surface area contributed by atoms with Gasteiger partial charge in [-0.2, -0.15) is 0 Å². The third kappa shape index (κ3) is 9.86. The van der Waals surface area contributed by atoms with Gasteiger partial charge < -0.3 is 14.4 Å². The summed E-state index contributed by atoms with van der Waals surface area (Å²) in [4.78, 5) is 30.3. The van der Waals surface area contributed by atoms with Gasteiger partial charge in [-0.3, -0.25) is 4.79 Å². The fourth-order valence-corrected chi connectivity index (χ4v) is 3.61. The van der Waals surface area contributed by atoms with E-state index in [0.29, 0.717) is 31.8 Å². The Kier molecular flexibility index (Phi) is 12.7. The molecule has 1 aromatic rings. The zero-order chi connectivity index (χ0) is 19.9. The van der Waals surface area contributed by atoms with Gasteiger partial charge in [0.2, 0.25) is 5.91 Å². The third-order valence-electron chi connectivity index (χ3n) is 4.40. The maximum absolute atomic E-state index is 12.6. The van der Waals surface area contributed by atoms with Crippen LogP contribution in [0.5, 0.6) is 0 Å². The van der Waals surface area contributed by atoms with E-state index < -0.39 is 5.97 Å². The van der Waals surface area contributed by atoms with Crippen LogP contribution < -0.4 is 0 Å². The van der Waals surface area contributed by atoms with Crippen molar-refractivity contribution in [1.29, 1.82) is 0 Å². The van der Waals surface area contributed by atoms with Gasteiger partial charge in [-0.1, -0.05) is 45.4 Å². The van der Waals surface area contributed by atoms with E-state index in [1.807, 2.05) is 4.90 Å². The first-order valence-electron chi connectivity index (χ1n) is 9.91. The summed E-state index contributed by atoms with van der Waals surface area (Å²) in [6, 6.07) is 0. The number of esters is 1. The van der Waals surface area contributed by atoms with E-state index in [0.717, 1.165) is 24.3 Å². The van der Waals surface area contributed by atoms with Crippen molar-refractivity contribution in [2.24, 2.45) is 0 Å². The fourth-order valence-electron chi connectivity index (χ4n) is 2.83. The number of nitrogens with zero attached hydrogens (tertiary/aromatic N) is 2. The number of methoxy groups -OCH3 is 2. The number of carbonyl (C=O) groups is 2. The fraction of sp³-hybridized carbons (Fsp3) is 0.750. The Morgan fingerprint density at radius 1 is 1.07 bits per heavy atom. The number of aromatic nitrogens is 1. The highest BCUT2D eigenvalue weighted by atomic mass is 32.1. The van der Waals surface area contributed by atoms with Crippen LogP contribution in [0.25, 0.3) is 0 Å². The van der Waals surface area contributed by atoms with Crippen molar-refractivity contribution >= 4 is 23.2 Å². The van der Waals surface area contributed by atoms with Crippen LogP contribution in [0.3, 0.4) is 0 Å². The van der Waals surface area contributed by atoms with Crippen LogP contribution in [0, 0.1) is 0 Å². The van der Waals surface area contributed by atoms with Crippen LogP contribution in [-0.4, -0.2) is 49.1 Å². The molecule has 1 heterocycles. The summed E-state index contributed by atoms with van der Waals surface area (Å²) >= 11 is 1.38. The average molecular weight is 399 g/mol. The zero-order valence-corrected chi connectivity index (χ0v) is 17.8. The average Bonchev–Trinajstić information content (AvgIpc) is 3.14. The number of unbranched alkanes of at least 4 members (excludes halogenated alkanes) is 6. The number of rotatable bonds is 15. The highest BCUT2D eigenvalue weighted by Gasteiger charge is 2.17. The second kappa shape index (κ2) is 14.6. The lowest BCUT2D eigenvalue weighted by Crippen LogP contribution is -2.32. The van der Waals surface area contributed by atoms with Crippen molar-refractivity contribution in [2.75, 3.05) is 27.4 Å². The van der Waals surface area contributed by atoms with Gasteiger partial charge in [0.1, 0.15) is 5.01 Å².